The Labute approximate surface area is 159 Å². The van der Waals surface area contributed by atoms with Gasteiger partial charge in [0.25, 0.3) is 5.91 Å². The quantitative estimate of drug-likeness (QED) is 0.672. The van der Waals surface area contributed by atoms with Crippen LogP contribution in [-0.2, 0) is 10.0 Å². The number of amides is 1. The van der Waals surface area contributed by atoms with Crippen molar-refractivity contribution in [3.05, 3.63) is 72.3 Å². The van der Waals surface area contributed by atoms with E-state index < -0.39 is 10.0 Å². The second kappa shape index (κ2) is 7.90. The lowest BCUT2D eigenvalue weighted by molar-refractivity contribution is 0.102. The summed E-state index contributed by atoms with van der Waals surface area (Å²) in [6.07, 6.45) is 0.699. The summed E-state index contributed by atoms with van der Waals surface area (Å²) in [4.78, 5) is 12.7. The molecule has 3 aromatic carbocycles. The van der Waals surface area contributed by atoms with Crippen molar-refractivity contribution >= 4 is 32.4 Å². The Morgan fingerprint density at radius 3 is 2.33 bits per heavy atom. The van der Waals surface area contributed by atoms with E-state index in [1.54, 1.807) is 0 Å². The van der Waals surface area contributed by atoms with Gasteiger partial charge in [0, 0.05) is 22.7 Å². The van der Waals surface area contributed by atoms with Crippen LogP contribution in [0, 0.1) is 0 Å². The molecule has 0 aliphatic heterocycles. The average molecular weight is 382 g/mol. The lowest BCUT2D eigenvalue weighted by Gasteiger charge is -2.12. The predicted octanol–water partition coefficient (Wildman–Crippen LogP) is 4.17. The van der Waals surface area contributed by atoms with Crippen LogP contribution in [0.2, 0.25) is 0 Å². The van der Waals surface area contributed by atoms with Crippen molar-refractivity contribution in [3.8, 4) is 0 Å². The standard InChI is InChI=1S/C21H22N2O3S/c1-3-15(2)23-27(25,26)18-13-11-17(12-14-18)21(24)22-20-10-6-8-16-7-4-5-9-19(16)20/h4-15,23H,3H2,1-2H3,(H,22,24). The third-order valence-corrected chi connectivity index (χ3v) is 6.04. The van der Waals surface area contributed by atoms with Gasteiger partial charge in [-0.15, -0.1) is 0 Å². The molecule has 0 bridgehead atoms. The van der Waals surface area contributed by atoms with E-state index in [2.05, 4.69) is 10.0 Å². The first-order chi connectivity index (χ1) is 12.9. The van der Waals surface area contributed by atoms with E-state index >= 15 is 0 Å². The molecule has 2 N–H and O–H groups in total. The zero-order valence-corrected chi connectivity index (χ0v) is 16.1. The minimum atomic E-state index is -3.58. The number of carbonyl (C=O) groups is 1. The van der Waals surface area contributed by atoms with Crippen LogP contribution >= 0.6 is 0 Å². The molecule has 0 spiro atoms. The third-order valence-electron chi connectivity index (χ3n) is 4.43. The van der Waals surface area contributed by atoms with E-state index in [1.807, 2.05) is 56.3 Å². The Morgan fingerprint density at radius 1 is 0.963 bits per heavy atom. The van der Waals surface area contributed by atoms with Crippen molar-refractivity contribution in [2.75, 3.05) is 5.32 Å². The molecule has 1 atom stereocenters. The Kier molecular flexibility index (Phi) is 5.58. The number of hydrogen-bond donors (Lipinski definition) is 2. The van der Waals surface area contributed by atoms with Gasteiger partial charge in [-0.25, -0.2) is 13.1 Å². The summed E-state index contributed by atoms with van der Waals surface area (Å²) < 4.78 is 27.2. The number of sulfonamides is 1. The van der Waals surface area contributed by atoms with E-state index in [-0.39, 0.29) is 16.8 Å². The second-order valence-electron chi connectivity index (χ2n) is 6.44. The number of carbonyl (C=O) groups excluding carboxylic acids is 1. The normalized spacial score (nSPS) is 12.7. The largest absolute Gasteiger partial charge is 0.321 e. The molecule has 3 aromatic rings. The van der Waals surface area contributed by atoms with E-state index in [0.717, 1.165) is 10.8 Å². The molecule has 5 nitrogen and oxygen atoms in total. The third kappa shape index (κ3) is 4.35. The van der Waals surface area contributed by atoms with E-state index in [9.17, 15) is 13.2 Å². The number of nitrogens with one attached hydrogen (secondary N) is 2. The minimum absolute atomic E-state index is 0.143. The Morgan fingerprint density at radius 2 is 1.63 bits per heavy atom. The Balaban J connectivity index is 1.80. The highest BCUT2D eigenvalue weighted by molar-refractivity contribution is 7.89. The molecule has 0 aliphatic carbocycles. The molecule has 0 saturated carbocycles. The maximum atomic E-state index is 12.6. The van der Waals surface area contributed by atoms with Crippen molar-refractivity contribution in [2.45, 2.75) is 31.2 Å². The first kappa shape index (κ1) is 19.1. The molecule has 1 amide bonds. The summed E-state index contributed by atoms with van der Waals surface area (Å²) in [7, 11) is -3.58. The SMILES string of the molecule is CCC(C)NS(=O)(=O)c1ccc(C(=O)Nc2cccc3ccccc23)cc1. The molecular formula is C21H22N2O3S. The molecule has 0 heterocycles. The fourth-order valence-corrected chi connectivity index (χ4v) is 4.06. The maximum Gasteiger partial charge on any atom is 0.255 e. The van der Waals surface area contributed by atoms with Gasteiger partial charge in [0.1, 0.15) is 0 Å². The molecule has 0 saturated heterocycles. The summed E-state index contributed by atoms with van der Waals surface area (Å²) >= 11 is 0. The fourth-order valence-electron chi connectivity index (χ4n) is 2.73. The molecular weight excluding hydrogens is 360 g/mol. The summed E-state index contributed by atoms with van der Waals surface area (Å²) in [6.45, 7) is 3.72. The van der Waals surface area contributed by atoms with Crippen LogP contribution in [0.4, 0.5) is 5.69 Å². The summed E-state index contributed by atoms with van der Waals surface area (Å²) in [5.74, 6) is -0.287. The molecule has 0 aliphatic rings. The zero-order chi connectivity index (χ0) is 19.4. The van der Waals surface area contributed by atoms with Crippen LogP contribution < -0.4 is 10.0 Å². The highest BCUT2D eigenvalue weighted by Gasteiger charge is 2.17. The Hall–Kier alpha value is -2.70. The topological polar surface area (TPSA) is 75.3 Å². The molecule has 1 unspecified atom stereocenters. The molecule has 0 radical (unpaired) electrons. The monoisotopic (exact) mass is 382 g/mol. The maximum absolute atomic E-state index is 12.6. The number of fused-ring (bicyclic) bond motifs is 1. The molecule has 27 heavy (non-hydrogen) atoms. The van der Waals surface area contributed by atoms with Crippen LogP contribution in [-0.4, -0.2) is 20.4 Å². The van der Waals surface area contributed by atoms with Crippen molar-refractivity contribution in [1.82, 2.24) is 4.72 Å². The summed E-state index contributed by atoms with van der Waals surface area (Å²) in [6, 6.07) is 19.3. The van der Waals surface area contributed by atoms with Gasteiger partial charge in [0.05, 0.1) is 4.90 Å². The van der Waals surface area contributed by atoms with Gasteiger partial charge in [-0.3, -0.25) is 4.79 Å². The first-order valence-corrected chi connectivity index (χ1v) is 10.3. The van der Waals surface area contributed by atoms with E-state index in [4.69, 9.17) is 0 Å². The highest BCUT2D eigenvalue weighted by atomic mass is 32.2. The van der Waals surface area contributed by atoms with Crippen LogP contribution in [0.15, 0.2) is 71.6 Å². The van der Waals surface area contributed by atoms with Gasteiger partial charge >= 0.3 is 0 Å². The van der Waals surface area contributed by atoms with Crippen LogP contribution in [0.5, 0.6) is 0 Å². The lowest BCUT2D eigenvalue weighted by atomic mass is 10.1. The van der Waals surface area contributed by atoms with Crippen molar-refractivity contribution in [3.63, 3.8) is 0 Å². The van der Waals surface area contributed by atoms with Crippen molar-refractivity contribution in [1.29, 1.82) is 0 Å². The number of rotatable bonds is 6. The fraction of sp³-hybridized carbons (Fsp3) is 0.190. The summed E-state index contributed by atoms with van der Waals surface area (Å²) in [5.41, 5.74) is 1.11. The first-order valence-electron chi connectivity index (χ1n) is 8.82. The number of hydrogen-bond acceptors (Lipinski definition) is 3. The Bertz CT molecular complexity index is 1050. The van der Waals surface area contributed by atoms with Gasteiger partial charge in [0.15, 0.2) is 0 Å². The molecule has 3 rings (SSSR count). The van der Waals surface area contributed by atoms with Gasteiger partial charge in [0.2, 0.25) is 10.0 Å². The van der Waals surface area contributed by atoms with Gasteiger partial charge in [-0.05, 0) is 49.1 Å². The minimum Gasteiger partial charge on any atom is -0.321 e. The van der Waals surface area contributed by atoms with Crippen LogP contribution in [0.3, 0.4) is 0 Å². The summed E-state index contributed by atoms with van der Waals surface area (Å²) in [5, 5.41) is 4.88. The zero-order valence-electron chi connectivity index (χ0n) is 15.3. The number of benzene rings is 3. The number of anilines is 1. The average Bonchev–Trinajstić information content (AvgIpc) is 2.68. The van der Waals surface area contributed by atoms with Crippen molar-refractivity contribution in [2.24, 2.45) is 0 Å². The van der Waals surface area contributed by atoms with Crippen molar-refractivity contribution < 1.29 is 13.2 Å². The highest BCUT2D eigenvalue weighted by Crippen LogP contribution is 2.23. The second-order valence-corrected chi connectivity index (χ2v) is 8.15. The lowest BCUT2D eigenvalue weighted by Crippen LogP contribution is -2.32. The van der Waals surface area contributed by atoms with Crippen LogP contribution in [0.1, 0.15) is 30.6 Å². The van der Waals surface area contributed by atoms with E-state index in [1.165, 1.54) is 24.3 Å². The smallest absolute Gasteiger partial charge is 0.255 e. The molecule has 140 valence electrons. The molecule has 0 aromatic heterocycles. The van der Waals surface area contributed by atoms with Gasteiger partial charge < -0.3 is 5.32 Å². The van der Waals surface area contributed by atoms with E-state index in [0.29, 0.717) is 17.7 Å². The van der Waals surface area contributed by atoms with Crippen LogP contribution in [0.25, 0.3) is 10.8 Å². The van der Waals surface area contributed by atoms with Gasteiger partial charge in [-0.1, -0.05) is 43.3 Å². The van der Waals surface area contributed by atoms with Gasteiger partial charge in [-0.2, -0.15) is 0 Å². The molecule has 0 fully saturated rings. The molecule has 6 heteroatoms. The predicted molar refractivity (Wildman–Crippen MR) is 108 cm³/mol.